The largest absolute Gasteiger partial charge is 0.366 e. The second-order valence-corrected chi connectivity index (χ2v) is 9.04. The molecule has 1 spiro atoms. The summed E-state index contributed by atoms with van der Waals surface area (Å²) >= 11 is 0. The summed E-state index contributed by atoms with van der Waals surface area (Å²) in [6.07, 6.45) is 0.262. The molecule has 1 unspecified atom stereocenters. The van der Waals surface area contributed by atoms with Gasteiger partial charge in [-0.25, -0.2) is 0 Å². The van der Waals surface area contributed by atoms with Gasteiger partial charge in [0.15, 0.2) is 0 Å². The van der Waals surface area contributed by atoms with Gasteiger partial charge in [-0.2, -0.15) is 0 Å². The van der Waals surface area contributed by atoms with Gasteiger partial charge in [-0.3, -0.25) is 29.4 Å². The van der Waals surface area contributed by atoms with Crippen LogP contribution in [0.15, 0.2) is 42.5 Å². The predicted molar refractivity (Wildman–Crippen MR) is 115 cm³/mol. The van der Waals surface area contributed by atoms with E-state index in [1.54, 1.807) is 12.1 Å². The average Bonchev–Trinajstić information content (AvgIpc) is 3.22. The fraction of sp³-hybridized carbons (Fsp3) is 0.333. The molecule has 2 fully saturated rings. The van der Waals surface area contributed by atoms with Crippen molar-refractivity contribution in [2.75, 3.05) is 24.5 Å². The summed E-state index contributed by atoms with van der Waals surface area (Å²) in [5.74, 6) is -1.90. The Balaban J connectivity index is 1.33. The first-order valence-electron chi connectivity index (χ1n) is 10.9. The first kappa shape index (κ1) is 19.2. The van der Waals surface area contributed by atoms with Gasteiger partial charge in [0.05, 0.1) is 11.1 Å². The van der Waals surface area contributed by atoms with Crippen LogP contribution in [0.1, 0.15) is 44.7 Å². The zero-order valence-electron chi connectivity index (χ0n) is 17.4. The minimum Gasteiger partial charge on any atom is -0.366 e. The van der Waals surface area contributed by atoms with Crippen molar-refractivity contribution in [1.29, 1.82) is 0 Å². The van der Waals surface area contributed by atoms with E-state index in [1.165, 1.54) is 5.56 Å². The number of hydrogen-bond donors (Lipinski definition) is 2. The van der Waals surface area contributed by atoms with E-state index in [0.29, 0.717) is 17.7 Å². The molecule has 0 saturated carbocycles. The van der Waals surface area contributed by atoms with Gasteiger partial charge in [-0.1, -0.05) is 30.3 Å². The van der Waals surface area contributed by atoms with Crippen LogP contribution < -0.4 is 15.5 Å². The van der Waals surface area contributed by atoms with Crippen LogP contribution in [-0.4, -0.2) is 54.2 Å². The summed E-state index contributed by atoms with van der Waals surface area (Å²) in [6, 6.07) is 12.7. The minimum atomic E-state index is -0.954. The molecule has 2 aromatic carbocycles. The number of amides is 4. The van der Waals surface area contributed by atoms with Gasteiger partial charge in [0.2, 0.25) is 11.8 Å². The van der Waals surface area contributed by atoms with Crippen molar-refractivity contribution in [3.63, 3.8) is 0 Å². The number of para-hydroxylation sites is 1. The number of carbonyl (C=O) groups is 4. The molecule has 0 bridgehead atoms. The van der Waals surface area contributed by atoms with E-state index < -0.39 is 23.8 Å². The normalized spacial score (nSPS) is 23.3. The number of carbonyl (C=O) groups excluding carboxylic acids is 4. The molecule has 4 amide bonds. The standard InChI is InChI=1S/C24H22N4O4/c29-19-9-8-18(21(30)26-19)28-22(31)15-5-3-4-14(20(15)23(28)32)10-27-13-24(11-25-12-24)16-6-1-2-7-17(16)27/h1-7,18,25H,8-13H2,(H,26,29,30). The first-order chi connectivity index (χ1) is 15.5. The maximum Gasteiger partial charge on any atom is 0.262 e. The Morgan fingerprint density at radius 3 is 2.53 bits per heavy atom. The molecule has 0 aromatic heterocycles. The molecule has 0 radical (unpaired) electrons. The summed E-state index contributed by atoms with van der Waals surface area (Å²) in [6.45, 7) is 3.20. The number of piperidine rings is 1. The van der Waals surface area contributed by atoms with Crippen LogP contribution in [0.4, 0.5) is 5.69 Å². The zero-order valence-corrected chi connectivity index (χ0v) is 17.4. The number of nitrogens with zero attached hydrogens (tertiary/aromatic N) is 2. The zero-order chi connectivity index (χ0) is 22.0. The molecule has 6 rings (SSSR count). The Morgan fingerprint density at radius 1 is 0.969 bits per heavy atom. The number of anilines is 1. The summed E-state index contributed by atoms with van der Waals surface area (Å²) < 4.78 is 0. The van der Waals surface area contributed by atoms with Crippen LogP contribution in [0.5, 0.6) is 0 Å². The highest BCUT2D eigenvalue weighted by Gasteiger charge is 2.48. The molecular weight excluding hydrogens is 408 g/mol. The molecule has 2 aromatic rings. The van der Waals surface area contributed by atoms with E-state index in [-0.39, 0.29) is 24.2 Å². The van der Waals surface area contributed by atoms with Gasteiger partial charge in [0, 0.05) is 43.7 Å². The number of fused-ring (bicyclic) bond motifs is 3. The van der Waals surface area contributed by atoms with Gasteiger partial charge >= 0.3 is 0 Å². The third-order valence-electron chi connectivity index (χ3n) is 7.15. The monoisotopic (exact) mass is 430 g/mol. The molecule has 32 heavy (non-hydrogen) atoms. The number of benzene rings is 2. The second kappa shape index (κ2) is 6.74. The Bertz CT molecular complexity index is 1200. The Labute approximate surface area is 184 Å². The van der Waals surface area contributed by atoms with Crippen molar-refractivity contribution in [1.82, 2.24) is 15.5 Å². The van der Waals surface area contributed by atoms with Gasteiger partial charge in [-0.15, -0.1) is 0 Å². The van der Waals surface area contributed by atoms with E-state index in [9.17, 15) is 19.2 Å². The predicted octanol–water partition coefficient (Wildman–Crippen LogP) is 0.949. The van der Waals surface area contributed by atoms with Crippen LogP contribution in [0.25, 0.3) is 0 Å². The van der Waals surface area contributed by atoms with Crippen molar-refractivity contribution in [3.05, 3.63) is 64.7 Å². The van der Waals surface area contributed by atoms with Crippen molar-refractivity contribution >= 4 is 29.3 Å². The van der Waals surface area contributed by atoms with Crippen molar-refractivity contribution < 1.29 is 19.2 Å². The highest BCUT2D eigenvalue weighted by atomic mass is 16.2. The molecule has 162 valence electrons. The van der Waals surface area contributed by atoms with E-state index in [0.717, 1.165) is 35.8 Å². The first-order valence-corrected chi connectivity index (χ1v) is 10.9. The SMILES string of the molecule is O=C1CCC(N2C(=O)c3cccc(CN4CC5(CNC5)c5ccccc54)c3C2=O)C(=O)N1. The second-order valence-electron chi connectivity index (χ2n) is 9.04. The van der Waals surface area contributed by atoms with Crippen LogP contribution >= 0.6 is 0 Å². The van der Waals surface area contributed by atoms with Crippen molar-refractivity contribution in [2.45, 2.75) is 30.8 Å². The fourth-order valence-corrected chi connectivity index (χ4v) is 5.53. The Kier molecular flexibility index (Phi) is 4.04. The summed E-state index contributed by atoms with van der Waals surface area (Å²) in [5, 5.41) is 5.62. The molecule has 2 N–H and O–H groups in total. The number of nitrogens with one attached hydrogen (secondary N) is 2. The lowest BCUT2D eigenvalue weighted by Crippen LogP contribution is -2.58. The van der Waals surface area contributed by atoms with Crippen molar-refractivity contribution in [2.24, 2.45) is 0 Å². The molecule has 4 aliphatic rings. The van der Waals surface area contributed by atoms with Gasteiger partial charge in [0.25, 0.3) is 11.8 Å². The fourth-order valence-electron chi connectivity index (χ4n) is 5.53. The molecule has 8 heteroatoms. The third-order valence-corrected chi connectivity index (χ3v) is 7.15. The lowest BCUT2D eigenvalue weighted by atomic mass is 9.77. The third kappa shape index (κ3) is 2.59. The lowest BCUT2D eigenvalue weighted by Gasteiger charge is -2.40. The molecule has 0 aliphatic carbocycles. The smallest absolute Gasteiger partial charge is 0.262 e. The molecule has 4 aliphatic heterocycles. The van der Waals surface area contributed by atoms with Gasteiger partial charge in [0.1, 0.15) is 6.04 Å². The molecule has 1 atom stereocenters. The minimum absolute atomic E-state index is 0.0904. The summed E-state index contributed by atoms with van der Waals surface area (Å²) in [7, 11) is 0. The van der Waals surface area contributed by atoms with E-state index in [1.807, 2.05) is 12.1 Å². The quantitative estimate of drug-likeness (QED) is 0.704. The highest BCUT2D eigenvalue weighted by Crippen LogP contribution is 2.44. The van der Waals surface area contributed by atoms with Crippen LogP contribution in [-0.2, 0) is 21.5 Å². The van der Waals surface area contributed by atoms with Crippen LogP contribution in [0.3, 0.4) is 0 Å². The number of imide groups is 2. The highest BCUT2D eigenvalue weighted by molar-refractivity contribution is 6.24. The van der Waals surface area contributed by atoms with Crippen molar-refractivity contribution in [3.8, 4) is 0 Å². The summed E-state index contributed by atoms with van der Waals surface area (Å²) in [4.78, 5) is 53.7. The van der Waals surface area contributed by atoms with E-state index >= 15 is 0 Å². The maximum absolute atomic E-state index is 13.4. The molecule has 4 heterocycles. The number of hydrogen-bond acceptors (Lipinski definition) is 6. The van der Waals surface area contributed by atoms with Crippen LogP contribution in [0.2, 0.25) is 0 Å². The number of rotatable bonds is 3. The molecule has 2 saturated heterocycles. The maximum atomic E-state index is 13.4. The van der Waals surface area contributed by atoms with Crippen LogP contribution in [0, 0.1) is 0 Å². The molecular formula is C24H22N4O4. The summed E-state index contributed by atoms with van der Waals surface area (Å²) in [5.41, 5.74) is 4.03. The van der Waals surface area contributed by atoms with Gasteiger partial charge in [-0.05, 0) is 29.7 Å². The van der Waals surface area contributed by atoms with E-state index in [2.05, 4.69) is 33.7 Å². The molecule has 8 nitrogen and oxygen atoms in total. The van der Waals surface area contributed by atoms with Gasteiger partial charge < -0.3 is 10.2 Å². The Hall–Kier alpha value is -3.52. The lowest BCUT2D eigenvalue weighted by molar-refractivity contribution is -0.136. The Morgan fingerprint density at radius 2 is 1.78 bits per heavy atom. The van der Waals surface area contributed by atoms with E-state index in [4.69, 9.17) is 0 Å². The topological polar surface area (TPSA) is 98.8 Å². The average molecular weight is 430 g/mol.